The summed E-state index contributed by atoms with van der Waals surface area (Å²) in [4.78, 5) is 16.0. The number of carboxylic acids is 1. The maximum Gasteiger partial charge on any atom is 0.229 e. The zero-order valence-corrected chi connectivity index (χ0v) is 13.5. The number of nitrogens with one attached hydrogen (secondary N) is 1. The highest BCUT2D eigenvalue weighted by atomic mass is 32.2. The first-order valence-electron chi connectivity index (χ1n) is 7.03. The van der Waals surface area contributed by atoms with Gasteiger partial charge in [-0.05, 0) is 12.1 Å². The number of nitrogens with zero attached hydrogens (tertiary/aromatic N) is 1. The monoisotopic (exact) mass is 341 g/mol. The lowest BCUT2D eigenvalue weighted by Crippen LogP contribution is -2.23. The summed E-state index contributed by atoms with van der Waals surface area (Å²) in [5.41, 5.74) is 1.57. The SMILES string of the molecule is CS(=O)(=O)Nc1cccc2c(C(=O)[O-])cc(-c3ccccc3)nc12. The number of hydrogen-bond donors (Lipinski definition) is 1. The number of carboxylic acid groups (broad SMARTS) is 1. The van der Waals surface area contributed by atoms with Gasteiger partial charge >= 0.3 is 0 Å². The van der Waals surface area contributed by atoms with Gasteiger partial charge in [0, 0.05) is 16.5 Å². The number of aromatic carboxylic acids is 1. The Balaban J connectivity index is 2.33. The first-order valence-corrected chi connectivity index (χ1v) is 8.92. The van der Waals surface area contributed by atoms with Gasteiger partial charge in [-0.1, -0.05) is 42.5 Å². The summed E-state index contributed by atoms with van der Waals surface area (Å²) in [7, 11) is -3.53. The van der Waals surface area contributed by atoms with Crippen molar-refractivity contribution in [2.45, 2.75) is 0 Å². The Morgan fingerprint density at radius 2 is 1.79 bits per heavy atom. The van der Waals surface area contributed by atoms with Crippen molar-refractivity contribution in [1.29, 1.82) is 0 Å². The molecule has 0 fully saturated rings. The summed E-state index contributed by atoms with van der Waals surface area (Å²) < 4.78 is 25.5. The van der Waals surface area contributed by atoms with Gasteiger partial charge < -0.3 is 9.90 Å². The van der Waals surface area contributed by atoms with Crippen LogP contribution in [-0.4, -0.2) is 25.6 Å². The van der Waals surface area contributed by atoms with Gasteiger partial charge in [0.05, 0.1) is 29.1 Å². The van der Waals surface area contributed by atoms with E-state index in [1.54, 1.807) is 36.4 Å². The van der Waals surface area contributed by atoms with E-state index in [1.165, 1.54) is 12.1 Å². The third kappa shape index (κ3) is 3.21. The Hall–Kier alpha value is -2.93. The lowest BCUT2D eigenvalue weighted by Gasteiger charge is -2.13. The van der Waals surface area contributed by atoms with Crippen LogP contribution in [0.4, 0.5) is 5.69 Å². The van der Waals surface area contributed by atoms with Crippen LogP contribution < -0.4 is 9.83 Å². The Morgan fingerprint density at radius 1 is 1.08 bits per heavy atom. The highest BCUT2D eigenvalue weighted by Crippen LogP contribution is 2.29. The lowest BCUT2D eigenvalue weighted by atomic mass is 10.0. The number of fused-ring (bicyclic) bond motifs is 1. The van der Waals surface area contributed by atoms with Gasteiger partial charge in [-0.3, -0.25) is 4.72 Å². The van der Waals surface area contributed by atoms with E-state index in [1.807, 2.05) is 6.07 Å². The fourth-order valence-electron chi connectivity index (χ4n) is 2.46. The minimum Gasteiger partial charge on any atom is -0.545 e. The number of rotatable bonds is 4. The Labute approximate surface area is 138 Å². The molecule has 0 saturated carbocycles. The third-order valence-corrected chi connectivity index (χ3v) is 4.02. The molecule has 1 aromatic heterocycles. The van der Waals surface area contributed by atoms with E-state index in [0.717, 1.165) is 11.8 Å². The van der Waals surface area contributed by atoms with E-state index in [0.29, 0.717) is 11.1 Å². The molecule has 6 nitrogen and oxygen atoms in total. The van der Waals surface area contributed by atoms with Crippen molar-refractivity contribution >= 4 is 32.6 Å². The molecular weight excluding hydrogens is 328 g/mol. The highest BCUT2D eigenvalue weighted by molar-refractivity contribution is 7.92. The van der Waals surface area contributed by atoms with Crippen molar-refractivity contribution in [2.24, 2.45) is 0 Å². The molecule has 3 rings (SSSR count). The first kappa shape index (κ1) is 15.9. The van der Waals surface area contributed by atoms with Crippen molar-refractivity contribution in [1.82, 2.24) is 4.98 Å². The number of hydrogen-bond acceptors (Lipinski definition) is 5. The molecule has 0 spiro atoms. The van der Waals surface area contributed by atoms with Gasteiger partial charge in [0.25, 0.3) is 0 Å². The van der Waals surface area contributed by atoms with E-state index >= 15 is 0 Å². The number of anilines is 1. The Bertz CT molecular complexity index is 1030. The summed E-state index contributed by atoms with van der Waals surface area (Å²) in [5.74, 6) is -1.35. The predicted molar refractivity (Wildman–Crippen MR) is 90.0 cm³/mol. The van der Waals surface area contributed by atoms with Crippen molar-refractivity contribution < 1.29 is 18.3 Å². The minimum atomic E-state index is -3.53. The number of carbonyl (C=O) groups is 1. The van der Waals surface area contributed by atoms with Crippen LogP contribution >= 0.6 is 0 Å². The van der Waals surface area contributed by atoms with Gasteiger partial charge in [-0.25, -0.2) is 13.4 Å². The maximum atomic E-state index is 11.6. The molecule has 0 amide bonds. The van der Waals surface area contributed by atoms with Gasteiger partial charge in [0.1, 0.15) is 0 Å². The highest BCUT2D eigenvalue weighted by Gasteiger charge is 2.13. The number of sulfonamides is 1. The van der Waals surface area contributed by atoms with Crippen LogP contribution in [0.2, 0.25) is 0 Å². The van der Waals surface area contributed by atoms with Gasteiger partial charge in [0.15, 0.2) is 0 Å². The molecule has 0 aliphatic heterocycles. The zero-order chi connectivity index (χ0) is 17.3. The molecular formula is C17H13N2O4S-. The van der Waals surface area contributed by atoms with Crippen LogP contribution in [0.25, 0.3) is 22.2 Å². The largest absolute Gasteiger partial charge is 0.545 e. The molecule has 0 bridgehead atoms. The molecule has 122 valence electrons. The number of benzene rings is 2. The Morgan fingerprint density at radius 3 is 2.42 bits per heavy atom. The van der Waals surface area contributed by atoms with Gasteiger partial charge in [-0.2, -0.15) is 0 Å². The van der Waals surface area contributed by atoms with Crippen molar-refractivity contribution in [3.63, 3.8) is 0 Å². The smallest absolute Gasteiger partial charge is 0.229 e. The van der Waals surface area contributed by atoms with Crippen LogP contribution in [0.15, 0.2) is 54.6 Å². The van der Waals surface area contributed by atoms with Crippen LogP contribution in [0.5, 0.6) is 0 Å². The van der Waals surface area contributed by atoms with E-state index in [4.69, 9.17) is 0 Å². The van der Waals surface area contributed by atoms with E-state index in [-0.39, 0.29) is 16.8 Å². The number of para-hydroxylation sites is 1. The molecule has 1 N–H and O–H groups in total. The first-order chi connectivity index (χ1) is 11.3. The second-order valence-electron chi connectivity index (χ2n) is 5.28. The molecule has 24 heavy (non-hydrogen) atoms. The minimum absolute atomic E-state index is 0.0454. The second kappa shape index (κ2) is 5.93. The van der Waals surface area contributed by atoms with Gasteiger partial charge in [-0.15, -0.1) is 0 Å². The molecule has 0 aliphatic carbocycles. The molecule has 3 aromatic rings. The average molecular weight is 341 g/mol. The van der Waals surface area contributed by atoms with Crippen molar-refractivity contribution in [3.05, 3.63) is 60.2 Å². The third-order valence-electron chi connectivity index (χ3n) is 3.42. The Kier molecular flexibility index (Phi) is 3.94. The van der Waals surface area contributed by atoms with Gasteiger partial charge in [0.2, 0.25) is 10.0 Å². The summed E-state index contributed by atoms with van der Waals surface area (Å²) in [5, 5.41) is 11.8. The number of pyridine rings is 1. The maximum absolute atomic E-state index is 11.6. The second-order valence-corrected chi connectivity index (χ2v) is 7.03. The lowest BCUT2D eigenvalue weighted by molar-refractivity contribution is -0.254. The van der Waals surface area contributed by atoms with Crippen LogP contribution in [0.3, 0.4) is 0 Å². The van der Waals surface area contributed by atoms with Crippen molar-refractivity contribution in [3.8, 4) is 11.3 Å². The van der Waals surface area contributed by atoms with Crippen molar-refractivity contribution in [2.75, 3.05) is 11.0 Å². The molecule has 0 aliphatic rings. The van der Waals surface area contributed by atoms with E-state index in [9.17, 15) is 18.3 Å². The molecule has 0 saturated heterocycles. The molecule has 7 heteroatoms. The molecule has 0 radical (unpaired) electrons. The predicted octanol–water partition coefficient (Wildman–Crippen LogP) is 1.64. The average Bonchev–Trinajstić information content (AvgIpc) is 2.53. The molecule has 0 unspecified atom stereocenters. The summed E-state index contributed by atoms with van der Waals surface area (Å²) in [6.07, 6.45) is 1.02. The normalized spacial score (nSPS) is 11.4. The molecule has 0 atom stereocenters. The van der Waals surface area contributed by atoms with E-state index in [2.05, 4.69) is 9.71 Å². The number of aromatic nitrogens is 1. The quantitative estimate of drug-likeness (QED) is 0.777. The van der Waals surface area contributed by atoms with E-state index < -0.39 is 16.0 Å². The fraction of sp³-hybridized carbons (Fsp3) is 0.0588. The standard InChI is InChI=1S/C17H14N2O4S/c1-24(22,23)19-14-9-5-8-12-13(17(20)21)10-15(18-16(12)14)11-6-3-2-4-7-11/h2-10,19H,1H3,(H,20,21)/p-1. The van der Waals surface area contributed by atoms with Crippen LogP contribution in [0.1, 0.15) is 10.4 Å². The summed E-state index contributed by atoms with van der Waals surface area (Å²) in [6, 6.07) is 15.1. The fourth-order valence-corrected chi connectivity index (χ4v) is 3.02. The van der Waals surface area contributed by atoms with Crippen LogP contribution in [-0.2, 0) is 10.0 Å². The topological polar surface area (TPSA) is 99.2 Å². The summed E-state index contributed by atoms with van der Waals surface area (Å²) >= 11 is 0. The number of carbonyl (C=O) groups excluding carboxylic acids is 1. The zero-order valence-electron chi connectivity index (χ0n) is 12.7. The van der Waals surface area contributed by atoms with Crippen LogP contribution in [0, 0.1) is 0 Å². The molecule has 2 aromatic carbocycles. The summed E-state index contributed by atoms with van der Waals surface area (Å²) in [6.45, 7) is 0. The molecule has 1 heterocycles.